The zero-order valence-electron chi connectivity index (χ0n) is 15.2. The summed E-state index contributed by atoms with van der Waals surface area (Å²) < 4.78 is 0. The lowest BCUT2D eigenvalue weighted by atomic mass is 9.82. The van der Waals surface area contributed by atoms with Crippen LogP contribution < -0.4 is 10.6 Å². The number of hydrogen-bond donors (Lipinski definition) is 2. The molecule has 0 bridgehead atoms. The van der Waals surface area contributed by atoms with Gasteiger partial charge in [-0.15, -0.1) is 5.10 Å². The molecule has 7 nitrogen and oxygen atoms in total. The highest BCUT2D eigenvalue weighted by atomic mass is 35.5. The maximum absolute atomic E-state index is 12.4. The maximum Gasteiger partial charge on any atom is 0.322 e. The maximum atomic E-state index is 12.4. The molecular weight excluding hydrogens is 340 g/mol. The molecule has 2 N–H and O–H groups in total. The Morgan fingerprint density at radius 3 is 2.40 bits per heavy atom. The number of hydrogen-bond acceptors (Lipinski definition) is 4. The second-order valence-corrected chi connectivity index (χ2v) is 7.42. The van der Waals surface area contributed by atoms with E-state index < -0.39 is 5.54 Å². The van der Waals surface area contributed by atoms with Crippen LogP contribution in [0.3, 0.4) is 0 Å². The first-order valence-corrected chi connectivity index (χ1v) is 8.70. The molecule has 1 aromatic heterocycles. The van der Waals surface area contributed by atoms with Gasteiger partial charge in [-0.1, -0.05) is 42.7 Å². The predicted octanol–water partition coefficient (Wildman–Crippen LogP) is 3.69. The molecule has 0 saturated heterocycles. The van der Waals surface area contributed by atoms with Crippen LogP contribution in [0.1, 0.15) is 46.2 Å². The van der Waals surface area contributed by atoms with Crippen LogP contribution in [0.25, 0.3) is 0 Å². The summed E-state index contributed by atoms with van der Waals surface area (Å²) in [6.45, 7) is 10.0. The topological polar surface area (TPSA) is 84.7 Å². The number of carbonyl (C=O) groups excluding carboxylic acids is 1. The van der Waals surface area contributed by atoms with E-state index >= 15 is 0 Å². The number of aromatic nitrogens is 4. The molecule has 0 saturated carbocycles. The Morgan fingerprint density at radius 1 is 1.24 bits per heavy atom. The largest absolute Gasteiger partial charge is 0.332 e. The minimum atomic E-state index is -0.439. The number of rotatable bonds is 6. The molecule has 8 heteroatoms. The van der Waals surface area contributed by atoms with E-state index in [1.54, 1.807) is 0 Å². The quantitative estimate of drug-likeness (QED) is 0.818. The van der Waals surface area contributed by atoms with Crippen LogP contribution in [0.2, 0.25) is 5.02 Å². The van der Waals surface area contributed by atoms with Crippen molar-refractivity contribution >= 4 is 23.6 Å². The SMILES string of the molecule is CC(C)n1nnc(NC(=O)NC(C)(Cc2ccc(Cl)cc2)C(C)C)n1. The number of halogens is 1. The monoisotopic (exact) mass is 364 g/mol. The standard InChI is InChI=1S/C17H25ClN6O/c1-11(2)17(5,10-13-6-8-14(18)9-7-13)20-16(25)19-15-21-23-24(22-15)12(3)4/h6-9,11-12H,10H2,1-5H3,(H2,19,20,22,25). The summed E-state index contributed by atoms with van der Waals surface area (Å²) in [4.78, 5) is 13.8. The summed E-state index contributed by atoms with van der Waals surface area (Å²) in [5.41, 5.74) is 0.663. The fourth-order valence-corrected chi connectivity index (χ4v) is 2.43. The van der Waals surface area contributed by atoms with Gasteiger partial charge < -0.3 is 5.32 Å². The molecule has 2 aromatic rings. The van der Waals surface area contributed by atoms with Gasteiger partial charge in [-0.05, 0) is 56.0 Å². The molecular formula is C17H25ClN6O. The van der Waals surface area contributed by atoms with Gasteiger partial charge in [0, 0.05) is 10.6 Å². The molecule has 2 rings (SSSR count). The van der Waals surface area contributed by atoms with Gasteiger partial charge in [0.1, 0.15) is 0 Å². The minimum absolute atomic E-state index is 0.0805. The van der Waals surface area contributed by atoms with Crippen LogP contribution in [0.5, 0.6) is 0 Å². The minimum Gasteiger partial charge on any atom is -0.332 e. The first-order valence-electron chi connectivity index (χ1n) is 8.33. The van der Waals surface area contributed by atoms with Crippen molar-refractivity contribution in [1.82, 2.24) is 25.5 Å². The van der Waals surface area contributed by atoms with Crippen molar-refractivity contribution in [3.63, 3.8) is 0 Å². The molecule has 0 aliphatic rings. The third-order valence-electron chi connectivity index (χ3n) is 4.27. The van der Waals surface area contributed by atoms with Crippen molar-refractivity contribution < 1.29 is 4.79 Å². The Bertz CT molecular complexity index is 712. The Kier molecular flexibility index (Phi) is 6.00. The van der Waals surface area contributed by atoms with Crippen LogP contribution in [-0.2, 0) is 6.42 Å². The second kappa shape index (κ2) is 7.82. The van der Waals surface area contributed by atoms with Crippen LogP contribution in [0, 0.1) is 5.92 Å². The van der Waals surface area contributed by atoms with Crippen molar-refractivity contribution in [2.75, 3.05) is 5.32 Å². The van der Waals surface area contributed by atoms with Crippen molar-refractivity contribution in [3.05, 3.63) is 34.9 Å². The predicted molar refractivity (Wildman–Crippen MR) is 98.8 cm³/mol. The van der Waals surface area contributed by atoms with Crippen LogP contribution in [0.4, 0.5) is 10.7 Å². The van der Waals surface area contributed by atoms with E-state index in [1.165, 1.54) is 4.80 Å². The molecule has 2 amide bonds. The summed E-state index contributed by atoms with van der Waals surface area (Å²) in [6.07, 6.45) is 0.682. The van der Waals surface area contributed by atoms with E-state index in [-0.39, 0.29) is 23.9 Å². The van der Waals surface area contributed by atoms with Gasteiger partial charge in [0.2, 0.25) is 0 Å². The smallest absolute Gasteiger partial charge is 0.322 e. The first kappa shape index (κ1) is 19.2. The van der Waals surface area contributed by atoms with Crippen molar-refractivity contribution in [2.24, 2.45) is 5.92 Å². The summed E-state index contributed by atoms with van der Waals surface area (Å²) in [7, 11) is 0. The molecule has 25 heavy (non-hydrogen) atoms. The Labute approximate surface area is 153 Å². The second-order valence-electron chi connectivity index (χ2n) is 6.98. The van der Waals surface area contributed by atoms with E-state index in [9.17, 15) is 4.79 Å². The van der Waals surface area contributed by atoms with Crippen molar-refractivity contribution in [2.45, 2.75) is 52.6 Å². The number of anilines is 1. The van der Waals surface area contributed by atoms with E-state index in [1.807, 2.05) is 45.0 Å². The van der Waals surface area contributed by atoms with Gasteiger partial charge in [0.15, 0.2) is 0 Å². The third kappa shape index (κ3) is 5.16. The molecule has 1 aromatic carbocycles. The fraction of sp³-hybridized carbons (Fsp3) is 0.529. The highest BCUT2D eigenvalue weighted by Gasteiger charge is 2.31. The highest BCUT2D eigenvalue weighted by molar-refractivity contribution is 6.30. The molecule has 0 spiro atoms. The average Bonchev–Trinajstić information content (AvgIpc) is 2.98. The van der Waals surface area contributed by atoms with E-state index in [2.05, 4.69) is 39.9 Å². The van der Waals surface area contributed by atoms with Gasteiger partial charge in [-0.3, -0.25) is 5.32 Å². The number of urea groups is 1. The number of benzene rings is 1. The van der Waals surface area contributed by atoms with Crippen LogP contribution in [-0.4, -0.2) is 31.8 Å². The van der Waals surface area contributed by atoms with Crippen LogP contribution >= 0.6 is 11.6 Å². The van der Waals surface area contributed by atoms with Gasteiger partial charge in [0.05, 0.1) is 6.04 Å². The van der Waals surface area contributed by atoms with Crippen molar-refractivity contribution in [3.8, 4) is 0 Å². The lowest BCUT2D eigenvalue weighted by Gasteiger charge is -2.35. The Hall–Kier alpha value is -2.15. The lowest BCUT2D eigenvalue weighted by Crippen LogP contribution is -2.53. The summed E-state index contributed by atoms with van der Waals surface area (Å²) in [5, 5.41) is 18.2. The van der Waals surface area contributed by atoms with Gasteiger partial charge in [-0.2, -0.15) is 4.80 Å². The third-order valence-corrected chi connectivity index (χ3v) is 4.53. The molecule has 1 heterocycles. The average molecular weight is 365 g/mol. The van der Waals surface area contributed by atoms with Gasteiger partial charge >= 0.3 is 6.03 Å². The van der Waals surface area contributed by atoms with Gasteiger partial charge in [0.25, 0.3) is 5.95 Å². The summed E-state index contributed by atoms with van der Waals surface area (Å²) in [5.74, 6) is 0.400. The number of nitrogens with one attached hydrogen (secondary N) is 2. The molecule has 0 radical (unpaired) electrons. The molecule has 0 aliphatic carbocycles. The molecule has 1 unspecified atom stereocenters. The van der Waals surface area contributed by atoms with Crippen LogP contribution in [0.15, 0.2) is 24.3 Å². The normalized spacial score (nSPS) is 13.8. The van der Waals surface area contributed by atoms with Gasteiger partial charge in [-0.25, -0.2) is 4.79 Å². The molecule has 136 valence electrons. The number of carbonyl (C=O) groups is 1. The van der Waals surface area contributed by atoms with E-state index in [0.717, 1.165) is 5.56 Å². The zero-order valence-corrected chi connectivity index (χ0v) is 16.0. The number of nitrogens with zero attached hydrogens (tertiary/aromatic N) is 4. The van der Waals surface area contributed by atoms with E-state index in [4.69, 9.17) is 11.6 Å². The Morgan fingerprint density at radius 2 is 1.88 bits per heavy atom. The highest BCUT2D eigenvalue weighted by Crippen LogP contribution is 2.23. The molecule has 1 atom stereocenters. The lowest BCUT2D eigenvalue weighted by molar-refractivity contribution is 0.221. The van der Waals surface area contributed by atoms with Crippen molar-refractivity contribution in [1.29, 1.82) is 0 Å². The molecule has 0 fully saturated rings. The van der Waals surface area contributed by atoms with E-state index in [0.29, 0.717) is 11.4 Å². The number of amides is 2. The summed E-state index contributed by atoms with van der Waals surface area (Å²) in [6, 6.07) is 7.37. The zero-order chi connectivity index (χ0) is 18.6. The molecule has 0 aliphatic heterocycles. The summed E-state index contributed by atoms with van der Waals surface area (Å²) >= 11 is 5.94. The fourth-order valence-electron chi connectivity index (χ4n) is 2.31. The number of tetrazole rings is 1. The Balaban J connectivity index is 2.05. The first-order chi connectivity index (χ1) is 11.7.